The standard InChI is InChI=1S/C16H13NO6/c18-13(12-5-4-10-2-1-3-11(10)8-12)9-22-16(19)14-6-7-15(23-14)17(20)21/h4-8H,1-3,9H2. The molecule has 1 heterocycles. The fraction of sp³-hybridized carbons (Fsp3) is 0.250. The molecule has 1 aliphatic carbocycles. The number of aryl methyl sites for hydroxylation is 2. The predicted molar refractivity (Wildman–Crippen MR) is 78.4 cm³/mol. The Balaban J connectivity index is 1.62. The van der Waals surface area contributed by atoms with E-state index in [0.717, 1.165) is 37.0 Å². The van der Waals surface area contributed by atoms with Crippen LogP contribution in [0.3, 0.4) is 0 Å². The zero-order chi connectivity index (χ0) is 16.4. The lowest BCUT2D eigenvalue weighted by atomic mass is 10.0. The summed E-state index contributed by atoms with van der Waals surface area (Å²) >= 11 is 0. The maximum atomic E-state index is 12.1. The highest BCUT2D eigenvalue weighted by Gasteiger charge is 2.20. The molecule has 0 fully saturated rings. The zero-order valence-corrected chi connectivity index (χ0v) is 12.1. The Hall–Kier alpha value is -2.96. The maximum Gasteiger partial charge on any atom is 0.433 e. The molecule has 7 heteroatoms. The summed E-state index contributed by atoms with van der Waals surface area (Å²) in [5.74, 6) is -2.10. The molecular formula is C16H13NO6. The number of carbonyl (C=O) groups excluding carboxylic acids is 2. The monoisotopic (exact) mass is 315 g/mol. The number of hydrogen-bond acceptors (Lipinski definition) is 6. The smallest absolute Gasteiger partial charge is 0.433 e. The zero-order valence-electron chi connectivity index (χ0n) is 12.1. The van der Waals surface area contributed by atoms with E-state index in [1.807, 2.05) is 12.1 Å². The van der Waals surface area contributed by atoms with Gasteiger partial charge in [0.15, 0.2) is 12.4 Å². The first-order valence-corrected chi connectivity index (χ1v) is 7.11. The number of esters is 1. The van der Waals surface area contributed by atoms with E-state index in [9.17, 15) is 19.7 Å². The molecule has 0 saturated heterocycles. The van der Waals surface area contributed by atoms with Gasteiger partial charge in [0.05, 0.1) is 6.07 Å². The Morgan fingerprint density at radius 2 is 1.96 bits per heavy atom. The van der Waals surface area contributed by atoms with Gasteiger partial charge in [0.25, 0.3) is 0 Å². The molecule has 0 radical (unpaired) electrons. The van der Waals surface area contributed by atoms with Gasteiger partial charge in [-0.1, -0.05) is 12.1 Å². The minimum Gasteiger partial charge on any atom is -0.451 e. The van der Waals surface area contributed by atoms with Crippen LogP contribution in [0.5, 0.6) is 0 Å². The highest BCUT2D eigenvalue weighted by molar-refractivity contribution is 5.99. The molecule has 0 bridgehead atoms. The largest absolute Gasteiger partial charge is 0.451 e. The second-order valence-electron chi connectivity index (χ2n) is 5.23. The first kappa shape index (κ1) is 15.0. The van der Waals surface area contributed by atoms with Crippen molar-refractivity contribution in [2.75, 3.05) is 6.61 Å². The molecule has 1 aromatic heterocycles. The Kier molecular flexibility index (Phi) is 3.92. The first-order chi connectivity index (χ1) is 11.0. The van der Waals surface area contributed by atoms with Crippen LogP contribution in [0.2, 0.25) is 0 Å². The Morgan fingerprint density at radius 3 is 2.70 bits per heavy atom. The van der Waals surface area contributed by atoms with E-state index in [1.54, 1.807) is 6.07 Å². The summed E-state index contributed by atoms with van der Waals surface area (Å²) in [5, 5.41) is 10.5. The van der Waals surface area contributed by atoms with Crippen LogP contribution in [-0.2, 0) is 17.6 Å². The predicted octanol–water partition coefficient (Wildman–Crippen LogP) is 2.72. The van der Waals surface area contributed by atoms with Gasteiger partial charge in [0.2, 0.25) is 5.76 Å². The average molecular weight is 315 g/mol. The van der Waals surface area contributed by atoms with E-state index < -0.39 is 23.4 Å². The summed E-state index contributed by atoms with van der Waals surface area (Å²) in [6.45, 7) is -0.438. The number of Topliss-reactive ketones (excluding diaryl/α,β-unsaturated/α-hetero) is 1. The first-order valence-electron chi connectivity index (χ1n) is 7.11. The SMILES string of the molecule is O=C(COC(=O)c1ccc([N+](=O)[O-])o1)c1ccc2c(c1)CCC2. The second-order valence-corrected chi connectivity index (χ2v) is 5.23. The number of benzene rings is 1. The van der Waals surface area contributed by atoms with Crippen molar-refractivity contribution in [3.63, 3.8) is 0 Å². The number of nitrogens with zero attached hydrogens (tertiary/aromatic N) is 1. The molecular weight excluding hydrogens is 302 g/mol. The van der Waals surface area contributed by atoms with Crippen molar-refractivity contribution in [3.8, 4) is 0 Å². The Labute approximate surface area is 131 Å². The van der Waals surface area contributed by atoms with Gasteiger partial charge in [-0.15, -0.1) is 0 Å². The number of carbonyl (C=O) groups is 2. The molecule has 0 unspecified atom stereocenters. The highest BCUT2D eigenvalue weighted by Crippen LogP contribution is 2.23. The normalized spacial score (nSPS) is 12.7. The number of ketones is 1. The third kappa shape index (κ3) is 3.13. The molecule has 0 aliphatic heterocycles. The number of rotatable bonds is 5. The van der Waals surface area contributed by atoms with Crippen molar-refractivity contribution in [2.45, 2.75) is 19.3 Å². The molecule has 1 aromatic carbocycles. The van der Waals surface area contributed by atoms with Crippen LogP contribution in [-0.4, -0.2) is 23.3 Å². The minimum atomic E-state index is -0.910. The molecule has 0 amide bonds. The topological polar surface area (TPSA) is 99.7 Å². The van der Waals surface area contributed by atoms with Gasteiger partial charge in [-0.3, -0.25) is 14.9 Å². The summed E-state index contributed by atoms with van der Waals surface area (Å²) in [6, 6.07) is 7.67. The van der Waals surface area contributed by atoms with Gasteiger partial charge in [-0.2, -0.15) is 0 Å². The number of ether oxygens (including phenoxy) is 1. The van der Waals surface area contributed by atoms with Crippen LogP contribution in [0, 0.1) is 10.1 Å². The molecule has 3 rings (SSSR count). The van der Waals surface area contributed by atoms with Crippen LogP contribution < -0.4 is 0 Å². The average Bonchev–Trinajstić information content (AvgIpc) is 3.20. The van der Waals surface area contributed by atoms with Crippen LogP contribution in [0.15, 0.2) is 34.7 Å². The van der Waals surface area contributed by atoms with E-state index in [0.29, 0.717) is 5.56 Å². The molecule has 23 heavy (non-hydrogen) atoms. The van der Waals surface area contributed by atoms with Gasteiger partial charge in [-0.25, -0.2) is 4.79 Å². The van der Waals surface area contributed by atoms with Gasteiger partial charge in [-0.05, 0) is 42.5 Å². The lowest BCUT2D eigenvalue weighted by Crippen LogP contribution is -2.14. The lowest BCUT2D eigenvalue weighted by molar-refractivity contribution is -0.402. The van der Waals surface area contributed by atoms with Crippen LogP contribution in [0.25, 0.3) is 0 Å². The van der Waals surface area contributed by atoms with Crippen molar-refractivity contribution in [3.05, 3.63) is 62.9 Å². The van der Waals surface area contributed by atoms with Crippen LogP contribution in [0.4, 0.5) is 5.88 Å². The van der Waals surface area contributed by atoms with E-state index in [1.165, 1.54) is 5.56 Å². The summed E-state index contributed by atoms with van der Waals surface area (Å²) < 4.78 is 9.57. The third-order valence-corrected chi connectivity index (χ3v) is 3.73. The summed E-state index contributed by atoms with van der Waals surface area (Å²) in [6.07, 6.45) is 3.06. The van der Waals surface area contributed by atoms with E-state index in [2.05, 4.69) is 0 Å². The summed E-state index contributed by atoms with van der Waals surface area (Å²) in [7, 11) is 0. The summed E-state index contributed by atoms with van der Waals surface area (Å²) in [5.41, 5.74) is 2.90. The van der Waals surface area contributed by atoms with Crippen molar-refractivity contribution in [2.24, 2.45) is 0 Å². The maximum absolute atomic E-state index is 12.1. The number of furan rings is 1. The van der Waals surface area contributed by atoms with Crippen molar-refractivity contribution < 1.29 is 23.7 Å². The fourth-order valence-corrected chi connectivity index (χ4v) is 2.57. The van der Waals surface area contributed by atoms with Crippen molar-refractivity contribution in [1.82, 2.24) is 0 Å². The van der Waals surface area contributed by atoms with E-state index in [-0.39, 0.29) is 11.5 Å². The molecule has 0 saturated carbocycles. The van der Waals surface area contributed by atoms with Gasteiger partial charge < -0.3 is 9.15 Å². The number of hydrogen-bond donors (Lipinski definition) is 0. The second kappa shape index (κ2) is 6.04. The molecule has 118 valence electrons. The number of fused-ring (bicyclic) bond motifs is 1. The Bertz CT molecular complexity index is 792. The minimum absolute atomic E-state index is 0.307. The van der Waals surface area contributed by atoms with E-state index >= 15 is 0 Å². The molecule has 7 nitrogen and oxygen atoms in total. The third-order valence-electron chi connectivity index (χ3n) is 3.73. The number of nitro groups is 1. The molecule has 0 atom stereocenters. The molecule has 1 aliphatic rings. The van der Waals surface area contributed by atoms with Crippen molar-refractivity contribution >= 4 is 17.6 Å². The van der Waals surface area contributed by atoms with Crippen molar-refractivity contribution in [1.29, 1.82) is 0 Å². The highest BCUT2D eigenvalue weighted by atomic mass is 16.7. The van der Waals surface area contributed by atoms with Crippen LogP contribution >= 0.6 is 0 Å². The lowest BCUT2D eigenvalue weighted by Gasteiger charge is -2.05. The Morgan fingerprint density at radius 1 is 1.17 bits per heavy atom. The van der Waals surface area contributed by atoms with Crippen LogP contribution in [0.1, 0.15) is 38.5 Å². The molecule has 2 aromatic rings. The molecule has 0 N–H and O–H groups in total. The molecule has 0 spiro atoms. The fourth-order valence-electron chi connectivity index (χ4n) is 2.57. The van der Waals surface area contributed by atoms with Gasteiger partial charge >= 0.3 is 11.9 Å². The van der Waals surface area contributed by atoms with Gasteiger partial charge in [0, 0.05) is 5.56 Å². The van der Waals surface area contributed by atoms with E-state index in [4.69, 9.17) is 9.15 Å². The summed E-state index contributed by atoms with van der Waals surface area (Å²) in [4.78, 5) is 33.5. The van der Waals surface area contributed by atoms with Gasteiger partial charge in [0.1, 0.15) is 4.92 Å². The quantitative estimate of drug-likeness (QED) is 0.364.